The summed E-state index contributed by atoms with van der Waals surface area (Å²) >= 11 is 0. The standard InChI is InChI=1S/C8H12F5N/c1-6(2)4(3-14)5(6)7(9,10)8(11,12)13/h4-5H,3,14H2,1-2H3/t4-,5-/m1/s1. The first-order chi connectivity index (χ1) is 6.06. The Balaban J connectivity index is 2.88. The molecule has 0 aromatic heterocycles. The van der Waals surface area contributed by atoms with Crippen molar-refractivity contribution in [1.82, 2.24) is 0 Å². The lowest BCUT2D eigenvalue weighted by molar-refractivity contribution is -0.294. The van der Waals surface area contributed by atoms with Crippen molar-refractivity contribution in [2.24, 2.45) is 23.0 Å². The lowest BCUT2D eigenvalue weighted by Gasteiger charge is -2.20. The van der Waals surface area contributed by atoms with Crippen molar-refractivity contribution < 1.29 is 22.0 Å². The van der Waals surface area contributed by atoms with Gasteiger partial charge in [0.05, 0.1) is 0 Å². The van der Waals surface area contributed by atoms with Crippen molar-refractivity contribution in [3.05, 3.63) is 0 Å². The first-order valence-corrected chi connectivity index (χ1v) is 4.21. The zero-order chi connectivity index (χ0) is 11.4. The average Bonchev–Trinajstić information content (AvgIpc) is 2.50. The van der Waals surface area contributed by atoms with Crippen molar-refractivity contribution >= 4 is 0 Å². The maximum atomic E-state index is 12.9. The molecule has 0 saturated heterocycles. The number of alkyl halides is 5. The molecule has 2 atom stereocenters. The van der Waals surface area contributed by atoms with Crippen LogP contribution in [-0.2, 0) is 0 Å². The Kier molecular flexibility index (Phi) is 2.34. The van der Waals surface area contributed by atoms with Crippen LogP contribution in [0.15, 0.2) is 0 Å². The Morgan fingerprint density at radius 3 is 1.79 bits per heavy atom. The second-order valence-corrected chi connectivity index (χ2v) is 4.26. The molecule has 0 unspecified atom stereocenters. The van der Waals surface area contributed by atoms with Crippen LogP contribution >= 0.6 is 0 Å². The summed E-state index contributed by atoms with van der Waals surface area (Å²) in [7, 11) is 0. The van der Waals surface area contributed by atoms with Crippen molar-refractivity contribution in [2.75, 3.05) is 6.54 Å². The first-order valence-electron chi connectivity index (χ1n) is 4.21. The highest BCUT2D eigenvalue weighted by Gasteiger charge is 2.76. The van der Waals surface area contributed by atoms with E-state index in [1.807, 2.05) is 0 Å². The molecule has 0 radical (unpaired) electrons. The molecule has 0 aliphatic heterocycles. The fourth-order valence-corrected chi connectivity index (χ4v) is 2.08. The average molecular weight is 217 g/mol. The Morgan fingerprint density at radius 2 is 1.57 bits per heavy atom. The normalized spacial score (nSPS) is 31.7. The summed E-state index contributed by atoms with van der Waals surface area (Å²) in [6, 6.07) is 0. The molecule has 1 fully saturated rings. The van der Waals surface area contributed by atoms with E-state index in [0.29, 0.717) is 0 Å². The fourth-order valence-electron chi connectivity index (χ4n) is 2.08. The predicted molar refractivity (Wildman–Crippen MR) is 40.8 cm³/mol. The lowest BCUT2D eigenvalue weighted by Crippen LogP contribution is -2.40. The molecule has 0 bridgehead atoms. The van der Waals surface area contributed by atoms with E-state index in [-0.39, 0.29) is 6.54 Å². The molecule has 0 spiro atoms. The van der Waals surface area contributed by atoms with Gasteiger partial charge in [0.15, 0.2) is 0 Å². The fraction of sp³-hybridized carbons (Fsp3) is 1.00. The highest BCUT2D eigenvalue weighted by Crippen LogP contribution is 2.67. The summed E-state index contributed by atoms with van der Waals surface area (Å²) in [5.74, 6) is -7.06. The minimum absolute atomic E-state index is 0.136. The number of hydrogen-bond donors (Lipinski definition) is 1. The van der Waals surface area contributed by atoms with E-state index in [4.69, 9.17) is 5.73 Å². The van der Waals surface area contributed by atoms with Gasteiger partial charge in [0, 0.05) is 5.92 Å². The van der Waals surface area contributed by atoms with E-state index in [1.165, 1.54) is 13.8 Å². The van der Waals surface area contributed by atoms with Crippen molar-refractivity contribution in [1.29, 1.82) is 0 Å². The number of hydrogen-bond acceptors (Lipinski definition) is 1. The number of rotatable bonds is 2. The van der Waals surface area contributed by atoms with Crippen LogP contribution in [0.3, 0.4) is 0 Å². The number of halogens is 5. The molecular weight excluding hydrogens is 205 g/mol. The second kappa shape index (κ2) is 2.81. The molecular formula is C8H12F5N. The SMILES string of the molecule is CC1(C)[C@H](CN)[C@H]1C(F)(F)C(F)(F)F. The summed E-state index contributed by atoms with van der Waals surface area (Å²) in [6.45, 7) is 2.63. The van der Waals surface area contributed by atoms with Gasteiger partial charge >= 0.3 is 12.1 Å². The molecule has 14 heavy (non-hydrogen) atoms. The zero-order valence-corrected chi connectivity index (χ0v) is 7.83. The summed E-state index contributed by atoms with van der Waals surface area (Å²) < 4.78 is 61.7. The summed E-state index contributed by atoms with van der Waals surface area (Å²) in [5, 5.41) is 0. The van der Waals surface area contributed by atoms with Crippen LogP contribution in [0.5, 0.6) is 0 Å². The van der Waals surface area contributed by atoms with E-state index in [1.54, 1.807) is 0 Å². The Hall–Kier alpha value is -0.390. The number of nitrogens with two attached hydrogens (primary N) is 1. The van der Waals surface area contributed by atoms with Gasteiger partial charge in [-0.3, -0.25) is 0 Å². The largest absolute Gasteiger partial charge is 0.453 e. The van der Waals surface area contributed by atoms with Gasteiger partial charge in [-0.1, -0.05) is 13.8 Å². The third-order valence-electron chi connectivity index (χ3n) is 3.07. The van der Waals surface area contributed by atoms with Crippen LogP contribution in [0.25, 0.3) is 0 Å². The summed E-state index contributed by atoms with van der Waals surface area (Å²) in [6.07, 6.45) is -5.47. The van der Waals surface area contributed by atoms with Crippen LogP contribution < -0.4 is 5.73 Å². The maximum Gasteiger partial charge on any atom is 0.453 e. The van der Waals surface area contributed by atoms with Gasteiger partial charge in [0.2, 0.25) is 0 Å². The molecule has 1 rings (SSSR count). The Labute approximate surface area is 78.5 Å². The van der Waals surface area contributed by atoms with Crippen molar-refractivity contribution in [3.8, 4) is 0 Å². The predicted octanol–water partition coefficient (Wildman–Crippen LogP) is 2.41. The molecule has 1 saturated carbocycles. The van der Waals surface area contributed by atoms with Crippen LogP contribution in [0.4, 0.5) is 22.0 Å². The van der Waals surface area contributed by atoms with Gasteiger partial charge in [-0.2, -0.15) is 22.0 Å². The molecule has 0 heterocycles. The molecule has 1 aliphatic rings. The highest BCUT2D eigenvalue weighted by molar-refractivity contribution is 5.12. The zero-order valence-electron chi connectivity index (χ0n) is 7.83. The van der Waals surface area contributed by atoms with Gasteiger partial charge in [-0.15, -0.1) is 0 Å². The van der Waals surface area contributed by atoms with E-state index in [0.717, 1.165) is 0 Å². The van der Waals surface area contributed by atoms with E-state index >= 15 is 0 Å². The Morgan fingerprint density at radius 1 is 1.14 bits per heavy atom. The van der Waals surface area contributed by atoms with Gasteiger partial charge in [0.25, 0.3) is 0 Å². The van der Waals surface area contributed by atoms with Crippen LogP contribution in [0, 0.1) is 17.3 Å². The van der Waals surface area contributed by atoms with E-state index < -0.39 is 29.3 Å². The monoisotopic (exact) mass is 217 g/mol. The molecule has 0 aromatic rings. The van der Waals surface area contributed by atoms with E-state index in [9.17, 15) is 22.0 Å². The Bertz CT molecular complexity index is 232. The molecule has 84 valence electrons. The van der Waals surface area contributed by atoms with Crippen LogP contribution in [0.1, 0.15) is 13.8 Å². The van der Waals surface area contributed by atoms with Gasteiger partial charge in [0.1, 0.15) is 0 Å². The third-order valence-corrected chi connectivity index (χ3v) is 3.07. The summed E-state index contributed by atoms with van der Waals surface area (Å²) in [4.78, 5) is 0. The minimum atomic E-state index is -5.47. The molecule has 1 nitrogen and oxygen atoms in total. The molecule has 0 aromatic carbocycles. The minimum Gasteiger partial charge on any atom is -0.330 e. The summed E-state index contributed by atoms with van der Waals surface area (Å²) in [5.41, 5.74) is 4.12. The molecule has 6 heteroatoms. The second-order valence-electron chi connectivity index (χ2n) is 4.26. The quantitative estimate of drug-likeness (QED) is 0.706. The van der Waals surface area contributed by atoms with Gasteiger partial charge in [-0.05, 0) is 17.9 Å². The highest BCUT2D eigenvalue weighted by atomic mass is 19.4. The van der Waals surface area contributed by atoms with Crippen molar-refractivity contribution in [3.63, 3.8) is 0 Å². The topological polar surface area (TPSA) is 26.0 Å². The molecule has 0 amide bonds. The van der Waals surface area contributed by atoms with Crippen LogP contribution in [0.2, 0.25) is 0 Å². The first kappa shape index (κ1) is 11.7. The lowest BCUT2D eigenvalue weighted by atomic mass is 10.1. The van der Waals surface area contributed by atoms with Crippen LogP contribution in [-0.4, -0.2) is 18.6 Å². The van der Waals surface area contributed by atoms with E-state index in [2.05, 4.69) is 0 Å². The maximum absolute atomic E-state index is 12.9. The van der Waals surface area contributed by atoms with Gasteiger partial charge < -0.3 is 5.73 Å². The third kappa shape index (κ3) is 1.39. The molecule has 1 aliphatic carbocycles. The molecule has 2 N–H and O–H groups in total. The smallest absolute Gasteiger partial charge is 0.330 e. The van der Waals surface area contributed by atoms with Crippen molar-refractivity contribution in [2.45, 2.75) is 25.9 Å². The van der Waals surface area contributed by atoms with Gasteiger partial charge in [-0.25, -0.2) is 0 Å².